The fraction of sp³-hybridized carbons (Fsp3) is 0.240. The van der Waals surface area contributed by atoms with Crippen LogP contribution in [0.2, 0.25) is 10.0 Å². The third-order valence-electron chi connectivity index (χ3n) is 5.76. The Bertz CT molecular complexity index is 1190. The number of hydrogen-bond acceptors (Lipinski definition) is 3. The second-order valence-electron chi connectivity index (χ2n) is 7.83. The summed E-state index contributed by atoms with van der Waals surface area (Å²) in [5, 5.41) is 0.757. The first-order valence-corrected chi connectivity index (χ1v) is 11.1. The summed E-state index contributed by atoms with van der Waals surface area (Å²) in [5.41, 5.74) is 10.1. The Kier molecular flexibility index (Phi) is 6.31. The molecule has 2 N–H and O–H groups in total. The number of hydrogen-bond donors (Lipinski definition) is 1. The molecule has 1 aliphatic heterocycles. The standard InChI is InChI=1S/C25H23Cl2FN2O2/c1-3-18-19(6-4-14(2)23(18)28)25(31)30-8-9-32-22-7-5-15(10-17(22)13-30)16-11-20(26)24(29)21(27)12-16/h4-7,10-12H,3,8-9,13,29H2,1-2H3. The van der Waals surface area contributed by atoms with Gasteiger partial charge in [-0.1, -0.05) is 42.3 Å². The number of benzene rings is 3. The Hall–Kier alpha value is -2.76. The van der Waals surface area contributed by atoms with Crippen molar-refractivity contribution in [1.82, 2.24) is 4.90 Å². The van der Waals surface area contributed by atoms with E-state index in [1.807, 2.05) is 25.1 Å². The van der Waals surface area contributed by atoms with E-state index in [4.69, 9.17) is 33.7 Å². The van der Waals surface area contributed by atoms with Gasteiger partial charge in [-0.2, -0.15) is 0 Å². The van der Waals surface area contributed by atoms with Gasteiger partial charge >= 0.3 is 0 Å². The molecule has 1 amide bonds. The minimum absolute atomic E-state index is 0.207. The van der Waals surface area contributed by atoms with Crippen LogP contribution in [0.1, 0.15) is 34.0 Å². The van der Waals surface area contributed by atoms with Crippen LogP contribution in [-0.2, 0) is 13.0 Å². The summed E-state index contributed by atoms with van der Waals surface area (Å²) in [7, 11) is 0. The molecule has 3 aromatic carbocycles. The Morgan fingerprint density at radius 1 is 1.12 bits per heavy atom. The second-order valence-corrected chi connectivity index (χ2v) is 8.64. The van der Waals surface area contributed by atoms with Crippen molar-refractivity contribution in [2.24, 2.45) is 0 Å². The number of nitrogen functional groups attached to an aromatic ring is 1. The van der Waals surface area contributed by atoms with Crippen molar-refractivity contribution >= 4 is 34.8 Å². The monoisotopic (exact) mass is 472 g/mol. The molecule has 32 heavy (non-hydrogen) atoms. The van der Waals surface area contributed by atoms with Gasteiger partial charge in [-0.25, -0.2) is 4.39 Å². The molecule has 0 aromatic heterocycles. The van der Waals surface area contributed by atoms with Crippen molar-refractivity contribution < 1.29 is 13.9 Å². The molecule has 1 heterocycles. The number of ether oxygens (including phenoxy) is 1. The van der Waals surface area contributed by atoms with E-state index >= 15 is 0 Å². The lowest BCUT2D eigenvalue weighted by Crippen LogP contribution is -2.33. The lowest BCUT2D eigenvalue weighted by molar-refractivity contribution is 0.0731. The molecule has 0 saturated carbocycles. The van der Waals surface area contributed by atoms with E-state index in [1.165, 1.54) is 0 Å². The van der Waals surface area contributed by atoms with Crippen LogP contribution in [-0.4, -0.2) is 24.0 Å². The predicted molar refractivity (Wildman–Crippen MR) is 127 cm³/mol. The van der Waals surface area contributed by atoms with E-state index in [1.54, 1.807) is 36.1 Å². The summed E-state index contributed by atoms with van der Waals surface area (Å²) in [6.45, 7) is 4.66. The molecule has 4 rings (SSSR count). The lowest BCUT2D eigenvalue weighted by Gasteiger charge is -2.22. The minimum atomic E-state index is -0.316. The van der Waals surface area contributed by atoms with Gasteiger partial charge in [-0.05, 0) is 60.4 Å². The summed E-state index contributed by atoms with van der Waals surface area (Å²) < 4.78 is 20.5. The third-order valence-corrected chi connectivity index (χ3v) is 6.39. The number of nitrogens with zero attached hydrogens (tertiary/aromatic N) is 1. The molecule has 0 atom stereocenters. The molecule has 0 radical (unpaired) electrons. The number of carbonyl (C=O) groups excluding carboxylic acids is 1. The molecule has 0 unspecified atom stereocenters. The number of fused-ring (bicyclic) bond motifs is 1. The van der Waals surface area contributed by atoms with E-state index in [9.17, 15) is 9.18 Å². The molecule has 0 aliphatic carbocycles. The summed E-state index contributed by atoms with van der Waals surface area (Å²) in [6.07, 6.45) is 0.443. The number of halogens is 3. The molecule has 1 aliphatic rings. The molecule has 4 nitrogen and oxygen atoms in total. The van der Waals surface area contributed by atoms with Crippen LogP contribution in [0.3, 0.4) is 0 Å². The molecule has 0 saturated heterocycles. The maximum absolute atomic E-state index is 14.6. The average Bonchev–Trinajstić information content (AvgIpc) is 3.00. The van der Waals surface area contributed by atoms with Gasteiger partial charge in [0, 0.05) is 23.2 Å². The Morgan fingerprint density at radius 3 is 2.53 bits per heavy atom. The van der Waals surface area contributed by atoms with Gasteiger partial charge in [-0.3, -0.25) is 4.79 Å². The number of aryl methyl sites for hydroxylation is 1. The van der Waals surface area contributed by atoms with Crippen molar-refractivity contribution in [3.05, 3.63) is 80.6 Å². The van der Waals surface area contributed by atoms with Gasteiger partial charge in [0.25, 0.3) is 5.91 Å². The molecule has 7 heteroatoms. The van der Waals surface area contributed by atoms with Crippen molar-refractivity contribution in [1.29, 1.82) is 0 Å². The van der Waals surface area contributed by atoms with E-state index in [0.717, 1.165) is 16.7 Å². The van der Waals surface area contributed by atoms with Crippen molar-refractivity contribution in [2.45, 2.75) is 26.8 Å². The molecular formula is C25H23Cl2FN2O2. The maximum Gasteiger partial charge on any atom is 0.254 e. The van der Waals surface area contributed by atoms with Crippen molar-refractivity contribution in [3.63, 3.8) is 0 Å². The molecule has 0 bridgehead atoms. The fourth-order valence-corrected chi connectivity index (χ4v) is 4.44. The Labute approximate surface area is 196 Å². The van der Waals surface area contributed by atoms with E-state index in [0.29, 0.717) is 64.3 Å². The van der Waals surface area contributed by atoms with E-state index in [-0.39, 0.29) is 11.7 Å². The van der Waals surface area contributed by atoms with Crippen LogP contribution < -0.4 is 10.5 Å². The molecule has 166 valence electrons. The zero-order chi connectivity index (χ0) is 23.0. The zero-order valence-electron chi connectivity index (χ0n) is 17.8. The van der Waals surface area contributed by atoms with Gasteiger partial charge < -0.3 is 15.4 Å². The van der Waals surface area contributed by atoms with Crippen molar-refractivity contribution in [2.75, 3.05) is 18.9 Å². The fourth-order valence-electron chi connectivity index (χ4n) is 3.95. The molecular weight excluding hydrogens is 450 g/mol. The number of carbonyl (C=O) groups is 1. The summed E-state index contributed by atoms with van der Waals surface area (Å²) >= 11 is 12.4. The SMILES string of the molecule is CCc1c(C(=O)N2CCOc3ccc(-c4cc(Cl)c(N)c(Cl)c4)cc3C2)ccc(C)c1F. The van der Waals surface area contributed by atoms with Gasteiger partial charge in [0.15, 0.2) is 0 Å². The van der Waals surface area contributed by atoms with Gasteiger partial charge in [-0.15, -0.1) is 0 Å². The highest BCUT2D eigenvalue weighted by atomic mass is 35.5. The lowest BCUT2D eigenvalue weighted by atomic mass is 9.99. The highest BCUT2D eigenvalue weighted by Gasteiger charge is 2.24. The first kappa shape index (κ1) is 22.4. The van der Waals surface area contributed by atoms with Crippen LogP contribution in [0.4, 0.5) is 10.1 Å². The summed E-state index contributed by atoms with van der Waals surface area (Å²) in [4.78, 5) is 15.0. The highest BCUT2D eigenvalue weighted by Crippen LogP contribution is 2.36. The van der Waals surface area contributed by atoms with Crippen LogP contribution in [0.5, 0.6) is 5.75 Å². The number of rotatable bonds is 3. The predicted octanol–water partition coefficient (Wildman–Crippen LogP) is 6.29. The summed E-state index contributed by atoms with van der Waals surface area (Å²) in [6, 6.07) is 12.6. The van der Waals surface area contributed by atoms with Gasteiger partial charge in [0.2, 0.25) is 0 Å². The van der Waals surface area contributed by atoms with Crippen LogP contribution in [0, 0.1) is 12.7 Å². The number of anilines is 1. The number of amides is 1. The van der Waals surface area contributed by atoms with Crippen LogP contribution in [0.15, 0.2) is 42.5 Å². The molecule has 3 aromatic rings. The first-order chi connectivity index (χ1) is 15.3. The topological polar surface area (TPSA) is 55.6 Å². The van der Waals surface area contributed by atoms with Gasteiger partial charge in [0.1, 0.15) is 18.2 Å². The molecule has 0 fully saturated rings. The molecule has 0 spiro atoms. The smallest absolute Gasteiger partial charge is 0.254 e. The normalized spacial score (nSPS) is 13.3. The zero-order valence-corrected chi connectivity index (χ0v) is 19.4. The van der Waals surface area contributed by atoms with Crippen LogP contribution in [0.25, 0.3) is 11.1 Å². The second kappa shape index (κ2) is 9.00. The maximum atomic E-state index is 14.6. The van der Waals surface area contributed by atoms with E-state index in [2.05, 4.69) is 0 Å². The highest BCUT2D eigenvalue weighted by molar-refractivity contribution is 6.39. The first-order valence-electron chi connectivity index (χ1n) is 10.4. The van der Waals surface area contributed by atoms with Crippen LogP contribution >= 0.6 is 23.2 Å². The quantitative estimate of drug-likeness (QED) is 0.455. The van der Waals surface area contributed by atoms with Crippen molar-refractivity contribution in [3.8, 4) is 16.9 Å². The number of nitrogens with two attached hydrogens (primary N) is 1. The average molecular weight is 473 g/mol. The minimum Gasteiger partial charge on any atom is -0.491 e. The largest absolute Gasteiger partial charge is 0.491 e. The van der Waals surface area contributed by atoms with Gasteiger partial charge in [0.05, 0.1) is 22.3 Å². The Morgan fingerprint density at radius 2 is 1.84 bits per heavy atom. The summed E-state index contributed by atoms with van der Waals surface area (Å²) in [5.74, 6) is 0.188. The van der Waals surface area contributed by atoms with E-state index < -0.39 is 0 Å². The Balaban J connectivity index is 1.69. The third kappa shape index (κ3) is 4.15.